The fourth-order valence-corrected chi connectivity index (χ4v) is 3.23. The third kappa shape index (κ3) is 9.41. The molecule has 0 aliphatic rings. The summed E-state index contributed by atoms with van der Waals surface area (Å²) >= 11 is 0. The molecule has 0 aliphatic carbocycles. The Bertz CT molecular complexity index is 715. The number of hydrogen-bond acceptors (Lipinski definition) is 4. The molecule has 174 valence electrons. The Hall–Kier alpha value is -3.02. The molecular weight excluding hydrogens is 404 g/mol. The fraction of sp³-hybridized carbons (Fsp3) is 0.462. The van der Waals surface area contributed by atoms with Crippen molar-refractivity contribution in [3.63, 3.8) is 0 Å². The van der Waals surface area contributed by atoms with Gasteiger partial charge in [0.1, 0.15) is 11.5 Å². The molecule has 2 aromatic rings. The number of nitrogens with one attached hydrogen (secondary N) is 2. The lowest BCUT2D eigenvalue weighted by Gasteiger charge is -2.17. The molecule has 0 heterocycles. The molecule has 0 aliphatic heterocycles. The Morgan fingerprint density at radius 3 is 1.38 bits per heavy atom. The van der Waals surface area contributed by atoms with Gasteiger partial charge in [-0.15, -0.1) is 0 Å². The van der Waals surface area contributed by atoms with Crippen LogP contribution >= 0.6 is 0 Å². The van der Waals surface area contributed by atoms with E-state index >= 15 is 0 Å². The minimum Gasteiger partial charge on any atom is -0.481 e. The zero-order chi connectivity index (χ0) is 23.0. The van der Waals surface area contributed by atoms with Gasteiger partial charge in [-0.05, 0) is 49.9 Å². The number of para-hydroxylation sites is 2. The van der Waals surface area contributed by atoms with Crippen LogP contribution in [0, 0.1) is 0 Å². The second-order valence-electron chi connectivity index (χ2n) is 7.65. The summed E-state index contributed by atoms with van der Waals surface area (Å²) in [6.07, 6.45) is 4.07. The number of ether oxygens (including phenoxy) is 2. The summed E-state index contributed by atoms with van der Waals surface area (Å²) in [4.78, 5) is 24.6. The minimum atomic E-state index is -0.475. The largest absolute Gasteiger partial charge is 0.481 e. The summed E-state index contributed by atoms with van der Waals surface area (Å²) in [6, 6.07) is 18.8. The number of carbonyl (C=O) groups is 2. The van der Waals surface area contributed by atoms with Crippen molar-refractivity contribution < 1.29 is 19.1 Å². The number of hydrogen-bond donors (Lipinski definition) is 2. The molecular formula is C26H36N2O4. The molecule has 32 heavy (non-hydrogen) atoms. The molecule has 2 N–H and O–H groups in total. The van der Waals surface area contributed by atoms with Crippen LogP contribution in [0.5, 0.6) is 11.5 Å². The van der Waals surface area contributed by atoms with Crippen LogP contribution in [0.3, 0.4) is 0 Å². The predicted octanol–water partition coefficient (Wildman–Crippen LogP) is 4.49. The highest BCUT2D eigenvalue weighted by Crippen LogP contribution is 2.13. The molecule has 0 spiro atoms. The van der Waals surface area contributed by atoms with Gasteiger partial charge < -0.3 is 20.1 Å². The average molecular weight is 441 g/mol. The lowest BCUT2D eigenvalue weighted by atomic mass is 10.2. The average Bonchev–Trinajstić information content (AvgIpc) is 2.83. The normalized spacial score (nSPS) is 12.4. The maximum absolute atomic E-state index is 12.3. The first kappa shape index (κ1) is 25.2. The number of carbonyl (C=O) groups excluding carboxylic acids is 2. The molecule has 2 amide bonds. The summed E-state index contributed by atoms with van der Waals surface area (Å²) in [5, 5.41) is 5.92. The van der Waals surface area contributed by atoms with Crippen LogP contribution in [-0.2, 0) is 9.59 Å². The number of benzene rings is 2. The molecule has 0 unspecified atom stereocenters. The number of rotatable bonds is 15. The van der Waals surface area contributed by atoms with Crippen LogP contribution in [-0.4, -0.2) is 37.1 Å². The zero-order valence-corrected chi connectivity index (χ0v) is 19.2. The van der Waals surface area contributed by atoms with Crippen molar-refractivity contribution in [3.05, 3.63) is 60.7 Å². The lowest BCUT2D eigenvalue weighted by Crippen LogP contribution is -2.38. The Morgan fingerprint density at radius 2 is 1.03 bits per heavy atom. The van der Waals surface area contributed by atoms with E-state index in [1.807, 2.05) is 74.5 Å². The van der Waals surface area contributed by atoms with Gasteiger partial charge in [-0.1, -0.05) is 63.1 Å². The van der Waals surface area contributed by atoms with Crippen molar-refractivity contribution >= 4 is 11.8 Å². The summed E-state index contributed by atoms with van der Waals surface area (Å²) in [7, 11) is 0. The van der Waals surface area contributed by atoms with E-state index in [1.54, 1.807) is 0 Å². The van der Waals surface area contributed by atoms with Crippen LogP contribution in [0.1, 0.15) is 52.4 Å². The highest BCUT2D eigenvalue weighted by atomic mass is 16.5. The van der Waals surface area contributed by atoms with Crippen molar-refractivity contribution in [1.82, 2.24) is 10.6 Å². The minimum absolute atomic E-state index is 0.0763. The van der Waals surface area contributed by atoms with Crippen molar-refractivity contribution in [2.24, 2.45) is 0 Å². The van der Waals surface area contributed by atoms with Crippen molar-refractivity contribution in [1.29, 1.82) is 0 Å². The van der Waals surface area contributed by atoms with E-state index in [0.29, 0.717) is 37.4 Å². The van der Waals surface area contributed by atoms with Gasteiger partial charge in [0.25, 0.3) is 11.8 Å². The van der Waals surface area contributed by atoms with E-state index in [-0.39, 0.29) is 11.8 Å². The molecule has 6 heteroatoms. The molecule has 0 saturated carbocycles. The quantitative estimate of drug-likeness (QED) is 0.400. The Labute approximate surface area is 191 Å². The van der Waals surface area contributed by atoms with E-state index in [9.17, 15) is 9.59 Å². The Morgan fingerprint density at radius 1 is 0.656 bits per heavy atom. The molecule has 0 fully saturated rings. The van der Waals surface area contributed by atoms with Crippen LogP contribution in [0.15, 0.2) is 60.7 Å². The second kappa shape index (κ2) is 14.9. The van der Waals surface area contributed by atoms with Crippen molar-refractivity contribution in [3.8, 4) is 11.5 Å². The van der Waals surface area contributed by atoms with Gasteiger partial charge in [0.05, 0.1) is 0 Å². The van der Waals surface area contributed by atoms with Crippen molar-refractivity contribution in [2.75, 3.05) is 13.1 Å². The third-order valence-electron chi connectivity index (χ3n) is 5.07. The molecule has 0 saturated heterocycles. The van der Waals surface area contributed by atoms with Crippen LogP contribution in [0.2, 0.25) is 0 Å². The Balaban J connectivity index is 1.54. The van der Waals surface area contributed by atoms with E-state index < -0.39 is 12.2 Å². The summed E-state index contributed by atoms with van der Waals surface area (Å²) < 4.78 is 11.5. The predicted molar refractivity (Wildman–Crippen MR) is 127 cm³/mol. The van der Waals surface area contributed by atoms with Gasteiger partial charge >= 0.3 is 0 Å². The molecule has 6 nitrogen and oxygen atoms in total. The molecule has 0 aromatic heterocycles. The SMILES string of the molecule is CC[C@@H](Oc1ccccc1)C(=O)NCCCCCCNC(=O)[C@@H](CC)Oc1ccccc1. The maximum Gasteiger partial charge on any atom is 0.261 e. The molecule has 2 aromatic carbocycles. The van der Waals surface area contributed by atoms with Gasteiger partial charge in [-0.25, -0.2) is 0 Å². The number of unbranched alkanes of at least 4 members (excludes halogenated alkanes) is 3. The van der Waals surface area contributed by atoms with Gasteiger partial charge in [-0.3, -0.25) is 9.59 Å². The van der Waals surface area contributed by atoms with E-state index in [1.165, 1.54) is 0 Å². The monoisotopic (exact) mass is 440 g/mol. The van der Waals surface area contributed by atoms with Gasteiger partial charge in [0.2, 0.25) is 0 Å². The molecule has 0 bridgehead atoms. The molecule has 0 radical (unpaired) electrons. The fourth-order valence-electron chi connectivity index (χ4n) is 3.23. The second-order valence-corrected chi connectivity index (χ2v) is 7.65. The van der Waals surface area contributed by atoms with Crippen LogP contribution in [0.4, 0.5) is 0 Å². The van der Waals surface area contributed by atoms with E-state index in [4.69, 9.17) is 9.47 Å². The first-order valence-electron chi connectivity index (χ1n) is 11.6. The first-order chi connectivity index (χ1) is 15.6. The summed E-state index contributed by atoms with van der Waals surface area (Å²) in [5.41, 5.74) is 0. The van der Waals surface area contributed by atoms with Gasteiger partial charge in [-0.2, -0.15) is 0 Å². The van der Waals surface area contributed by atoms with Crippen LogP contribution < -0.4 is 20.1 Å². The maximum atomic E-state index is 12.3. The first-order valence-corrected chi connectivity index (χ1v) is 11.6. The topological polar surface area (TPSA) is 76.7 Å². The smallest absolute Gasteiger partial charge is 0.261 e. The highest BCUT2D eigenvalue weighted by molar-refractivity contribution is 5.81. The van der Waals surface area contributed by atoms with Crippen molar-refractivity contribution in [2.45, 2.75) is 64.6 Å². The van der Waals surface area contributed by atoms with Crippen LogP contribution in [0.25, 0.3) is 0 Å². The number of amides is 2. The van der Waals surface area contributed by atoms with E-state index in [2.05, 4.69) is 10.6 Å². The van der Waals surface area contributed by atoms with E-state index in [0.717, 1.165) is 25.7 Å². The summed E-state index contributed by atoms with van der Waals surface area (Å²) in [6.45, 7) is 5.14. The van der Waals surface area contributed by atoms with Gasteiger partial charge in [0.15, 0.2) is 12.2 Å². The summed E-state index contributed by atoms with van der Waals surface area (Å²) in [5.74, 6) is 1.26. The third-order valence-corrected chi connectivity index (χ3v) is 5.07. The zero-order valence-electron chi connectivity index (χ0n) is 19.2. The highest BCUT2D eigenvalue weighted by Gasteiger charge is 2.18. The molecule has 2 rings (SSSR count). The van der Waals surface area contributed by atoms with Gasteiger partial charge in [0, 0.05) is 13.1 Å². The Kier molecular flexibility index (Phi) is 11.7. The molecule has 2 atom stereocenters. The standard InChI is InChI=1S/C26H36N2O4/c1-3-23(31-21-15-9-7-10-16-21)25(29)27-19-13-5-6-14-20-28-26(30)24(4-2)32-22-17-11-8-12-18-22/h7-12,15-18,23-24H,3-6,13-14,19-20H2,1-2H3,(H,27,29)(H,28,30)/t23-,24-/m1/s1. The lowest BCUT2D eigenvalue weighted by molar-refractivity contribution is -0.128.